The molecule has 2 rings (SSSR count). The van der Waals surface area contributed by atoms with Crippen molar-refractivity contribution in [3.05, 3.63) is 35.6 Å². The Kier molecular flexibility index (Phi) is 5.27. The summed E-state index contributed by atoms with van der Waals surface area (Å²) in [7, 11) is 0. The number of hydrogen-bond donors (Lipinski definition) is 1. The van der Waals surface area contributed by atoms with Crippen LogP contribution in [0.5, 0.6) is 0 Å². The summed E-state index contributed by atoms with van der Waals surface area (Å²) in [5.74, 6) is -1.62. The maximum atomic E-state index is 13.7. The number of aliphatic carboxylic acids is 1. The Morgan fingerprint density at radius 2 is 1.90 bits per heavy atom. The van der Waals surface area contributed by atoms with Gasteiger partial charge in [-0.15, -0.1) is 0 Å². The number of carboxylic acids is 1. The average Bonchev–Trinajstić information content (AvgIpc) is 2.70. The summed E-state index contributed by atoms with van der Waals surface area (Å²) in [5, 5.41) is 8.70. The topological polar surface area (TPSA) is 60.9 Å². The fourth-order valence-electron chi connectivity index (χ4n) is 2.46. The second kappa shape index (κ2) is 7.17. The summed E-state index contributed by atoms with van der Waals surface area (Å²) in [4.78, 5) is 26.6. The Morgan fingerprint density at radius 3 is 2.62 bits per heavy atom. The molecule has 0 aromatic heterocycles. The number of halogens is 1. The van der Waals surface area contributed by atoms with Crippen molar-refractivity contribution in [2.45, 2.75) is 12.8 Å². The Morgan fingerprint density at radius 1 is 1.14 bits per heavy atom. The zero-order valence-electron chi connectivity index (χ0n) is 11.8. The van der Waals surface area contributed by atoms with E-state index in [1.807, 2.05) is 4.90 Å². The van der Waals surface area contributed by atoms with Gasteiger partial charge >= 0.3 is 5.97 Å². The molecule has 114 valence electrons. The van der Waals surface area contributed by atoms with Crippen LogP contribution in [0.2, 0.25) is 0 Å². The number of hydrogen-bond acceptors (Lipinski definition) is 3. The minimum absolute atomic E-state index is 0.0940. The maximum Gasteiger partial charge on any atom is 0.304 e. The lowest BCUT2D eigenvalue weighted by atomic mass is 10.2. The normalized spacial score (nSPS) is 16.5. The summed E-state index contributed by atoms with van der Waals surface area (Å²) in [6.07, 6.45) is 0.862. The third-order valence-electron chi connectivity index (χ3n) is 3.62. The zero-order valence-corrected chi connectivity index (χ0v) is 11.8. The van der Waals surface area contributed by atoms with Crippen LogP contribution in [0, 0.1) is 5.82 Å². The van der Waals surface area contributed by atoms with E-state index in [0.29, 0.717) is 26.2 Å². The number of carboxylic acid groups (broad SMARTS) is 1. The molecule has 1 saturated heterocycles. The molecule has 0 spiro atoms. The van der Waals surface area contributed by atoms with Crippen molar-refractivity contribution < 1.29 is 19.1 Å². The molecule has 1 N–H and O–H groups in total. The quantitative estimate of drug-likeness (QED) is 0.913. The molecule has 21 heavy (non-hydrogen) atoms. The van der Waals surface area contributed by atoms with Crippen LogP contribution < -0.4 is 0 Å². The number of nitrogens with zero attached hydrogens (tertiary/aromatic N) is 2. The van der Waals surface area contributed by atoms with E-state index in [2.05, 4.69) is 0 Å². The van der Waals surface area contributed by atoms with Gasteiger partial charge in [0.25, 0.3) is 5.91 Å². The van der Waals surface area contributed by atoms with Crippen LogP contribution in [0.4, 0.5) is 4.39 Å². The smallest absolute Gasteiger partial charge is 0.304 e. The van der Waals surface area contributed by atoms with Gasteiger partial charge in [-0.05, 0) is 25.1 Å². The lowest BCUT2D eigenvalue weighted by molar-refractivity contribution is -0.137. The predicted molar refractivity (Wildman–Crippen MR) is 75.6 cm³/mol. The molecule has 1 aromatic carbocycles. The molecule has 0 aliphatic carbocycles. The third-order valence-corrected chi connectivity index (χ3v) is 3.62. The molecule has 1 heterocycles. The van der Waals surface area contributed by atoms with Crippen LogP contribution >= 0.6 is 0 Å². The van der Waals surface area contributed by atoms with Crippen LogP contribution in [0.25, 0.3) is 0 Å². The largest absolute Gasteiger partial charge is 0.481 e. The molecule has 0 unspecified atom stereocenters. The van der Waals surface area contributed by atoms with Crippen LogP contribution in [-0.2, 0) is 4.79 Å². The predicted octanol–water partition coefficient (Wildman–Crippen LogP) is 1.45. The molecule has 1 fully saturated rings. The van der Waals surface area contributed by atoms with Gasteiger partial charge in [0, 0.05) is 26.2 Å². The van der Waals surface area contributed by atoms with Crippen molar-refractivity contribution in [1.82, 2.24) is 9.80 Å². The lowest BCUT2D eigenvalue weighted by Crippen LogP contribution is -2.36. The molecule has 0 atom stereocenters. The first-order valence-electron chi connectivity index (χ1n) is 7.06. The van der Waals surface area contributed by atoms with Gasteiger partial charge in [0.15, 0.2) is 0 Å². The Balaban J connectivity index is 1.95. The Hall–Kier alpha value is -1.95. The van der Waals surface area contributed by atoms with Crippen molar-refractivity contribution in [3.63, 3.8) is 0 Å². The average molecular weight is 294 g/mol. The SMILES string of the molecule is O=C(O)CCN1CCCN(C(=O)c2ccccc2F)CC1. The van der Waals surface area contributed by atoms with Crippen LogP contribution in [0.3, 0.4) is 0 Å². The minimum atomic E-state index is -0.821. The summed E-state index contributed by atoms with van der Waals surface area (Å²) >= 11 is 0. The zero-order chi connectivity index (χ0) is 15.2. The van der Waals surface area contributed by atoms with E-state index in [9.17, 15) is 14.0 Å². The van der Waals surface area contributed by atoms with E-state index >= 15 is 0 Å². The van der Waals surface area contributed by atoms with Crippen molar-refractivity contribution in [3.8, 4) is 0 Å². The molecule has 0 saturated carbocycles. The molecule has 0 radical (unpaired) electrons. The fourth-order valence-corrected chi connectivity index (χ4v) is 2.46. The molecule has 6 heteroatoms. The van der Waals surface area contributed by atoms with Gasteiger partial charge in [-0.25, -0.2) is 4.39 Å². The van der Waals surface area contributed by atoms with Crippen molar-refractivity contribution in [1.29, 1.82) is 0 Å². The third kappa shape index (κ3) is 4.26. The van der Waals surface area contributed by atoms with Gasteiger partial charge in [0.2, 0.25) is 0 Å². The minimum Gasteiger partial charge on any atom is -0.481 e. The van der Waals surface area contributed by atoms with E-state index in [1.165, 1.54) is 12.1 Å². The highest BCUT2D eigenvalue weighted by molar-refractivity contribution is 5.94. The first-order chi connectivity index (χ1) is 10.1. The van der Waals surface area contributed by atoms with E-state index in [-0.39, 0.29) is 17.9 Å². The molecule has 1 amide bonds. The molecule has 1 aliphatic heterocycles. The van der Waals surface area contributed by atoms with Gasteiger partial charge in [0.1, 0.15) is 5.82 Å². The first-order valence-corrected chi connectivity index (χ1v) is 7.06. The molecule has 1 aliphatic rings. The number of benzene rings is 1. The summed E-state index contributed by atoms with van der Waals surface area (Å²) in [5.41, 5.74) is 0.0940. The standard InChI is InChI=1S/C15H19FN2O3/c16-13-5-2-1-4-12(13)15(21)18-8-3-7-17(10-11-18)9-6-14(19)20/h1-2,4-5H,3,6-11H2,(H,19,20). The molecular formula is C15H19FN2O3. The summed E-state index contributed by atoms with van der Waals surface area (Å²) < 4.78 is 13.7. The number of rotatable bonds is 4. The molecular weight excluding hydrogens is 275 g/mol. The van der Waals surface area contributed by atoms with Crippen molar-refractivity contribution >= 4 is 11.9 Å². The Bertz CT molecular complexity index is 521. The van der Waals surface area contributed by atoms with Crippen molar-refractivity contribution in [2.24, 2.45) is 0 Å². The second-order valence-electron chi connectivity index (χ2n) is 5.11. The van der Waals surface area contributed by atoms with E-state index < -0.39 is 11.8 Å². The number of carbonyl (C=O) groups is 2. The lowest BCUT2D eigenvalue weighted by Gasteiger charge is -2.21. The first kappa shape index (κ1) is 15.4. The molecule has 5 nitrogen and oxygen atoms in total. The fraction of sp³-hybridized carbons (Fsp3) is 0.467. The van der Waals surface area contributed by atoms with E-state index in [0.717, 1.165) is 13.0 Å². The highest BCUT2D eigenvalue weighted by atomic mass is 19.1. The van der Waals surface area contributed by atoms with Gasteiger partial charge in [-0.1, -0.05) is 12.1 Å². The number of carbonyl (C=O) groups excluding carboxylic acids is 1. The second-order valence-corrected chi connectivity index (χ2v) is 5.11. The highest BCUT2D eigenvalue weighted by Crippen LogP contribution is 2.12. The van der Waals surface area contributed by atoms with Gasteiger partial charge < -0.3 is 14.9 Å². The highest BCUT2D eigenvalue weighted by Gasteiger charge is 2.22. The van der Waals surface area contributed by atoms with Gasteiger partial charge in [0.05, 0.1) is 12.0 Å². The maximum absolute atomic E-state index is 13.7. The monoisotopic (exact) mass is 294 g/mol. The van der Waals surface area contributed by atoms with Crippen LogP contribution in [0.15, 0.2) is 24.3 Å². The van der Waals surface area contributed by atoms with Gasteiger partial charge in [-0.2, -0.15) is 0 Å². The van der Waals surface area contributed by atoms with Gasteiger partial charge in [-0.3, -0.25) is 9.59 Å². The number of amides is 1. The summed E-state index contributed by atoms with van der Waals surface area (Å²) in [6, 6.07) is 5.98. The summed E-state index contributed by atoms with van der Waals surface area (Å²) in [6.45, 7) is 2.92. The van der Waals surface area contributed by atoms with Crippen molar-refractivity contribution in [2.75, 3.05) is 32.7 Å². The van der Waals surface area contributed by atoms with E-state index in [1.54, 1.807) is 17.0 Å². The molecule has 1 aromatic rings. The van der Waals surface area contributed by atoms with E-state index in [4.69, 9.17) is 5.11 Å². The molecule has 0 bridgehead atoms. The van der Waals surface area contributed by atoms with Crippen LogP contribution in [-0.4, -0.2) is 59.5 Å². The van der Waals surface area contributed by atoms with Crippen LogP contribution in [0.1, 0.15) is 23.2 Å². The Labute approximate surface area is 123 Å².